The highest BCUT2D eigenvalue weighted by molar-refractivity contribution is 5.99. The topological polar surface area (TPSA) is 54.6 Å². The Labute approximate surface area is 130 Å². The first kappa shape index (κ1) is 14.8. The molecule has 4 nitrogen and oxygen atoms in total. The minimum atomic E-state index is -0.272. The predicted octanol–water partition coefficient (Wildman–Crippen LogP) is 4.28. The SMILES string of the molecule is Cc1c(C(=O)NN=C2[C@H](C)CCC[C@H]2C)oc2ccccc12. The van der Waals surface area contributed by atoms with Crippen molar-refractivity contribution in [3.63, 3.8) is 0 Å². The van der Waals surface area contributed by atoms with Crippen LogP contribution in [-0.2, 0) is 0 Å². The quantitative estimate of drug-likeness (QED) is 0.841. The number of carbonyl (C=O) groups excluding carboxylic acids is 1. The van der Waals surface area contributed by atoms with Crippen molar-refractivity contribution in [2.45, 2.75) is 40.0 Å². The lowest BCUT2D eigenvalue weighted by atomic mass is 9.81. The van der Waals surface area contributed by atoms with Gasteiger partial charge in [0.2, 0.25) is 0 Å². The second kappa shape index (κ2) is 5.95. The van der Waals surface area contributed by atoms with Gasteiger partial charge < -0.3 is 4.42 Å². The first-order valence-corrected chi connectivity index (χ1v) is 7.94. The smallest absolute Gasteiger partial charge is 0.307 e. The van der Waals surface area contributed by atoms with Gasteiger partial charge in [0.15, 0.2) is 5.76 Å². The van der Waals surface area contributed by atoms with Crippen LogP contribution < -0.4 is 5.43 Å². The molecule has 2 atom stereocenters. The number of nitrogens with one attached hydrogen (secondary N) is 1. The highest BCUT2D eigenvalue weighted by Crippen LogP contribution is 2.27. The van der Waals surface area contributed by atoms with E-state index in [-0.39, 0.29) is 5.91 Å². The minimum Gasteiger partial charge on any atom is -0.451 e. The molecule has 116 valence electrons. The summed E-state index contributed by atoms with van der Waals surface area (Å²) in [6.45, 7) is 6.25. The van der Waals surface area contributed by atoms with Crippen molar-refractivity contribution in [3.05, 3.63) is 35.6 Å². The molecule has 22 heavy (non-hydrogen) atoms. The van der Waals surface area contributed by atoms with Crippen LogP contribution in [0.5, 0.6) is 0 Å². The van der Waals surface area contributed by atoms with E-state index in [1.165, 1.54) is 6.42 Å². The van der Waals surface area contributed by atoms with E-state index in [0.717, 1.165) is 35.1 Å². The van der Waals surface area contributed by atoms with Crippen molar-refractivity contribution in [1.82, 2.24) is 5.43 Å². The number of hydrazone groups is 1. The Balaban J connectivity index is 1.83. The van der Waals surface area contributed by atoms with Gasteiger partial charge in [-0.1, -0.05) is 38.5 Å². The Morgan fingerprint density at radius 2 is 1.91 bits per heavy atom. The summed E-state index contributed by atoms with van der Waals surface area (Å²) in [5, 5.41) is 5.36. The molecule has 0 unspecified atom stereocenters. The third kappa shape index (κ3) is 2.65. The Bertz CT molecular complexity index is 718. The molecule has 1 heterocycles. The average Bonchev–Trinajstić information content (AvgIpc) is 2.84. The molecule has 0 aliphatic heterocycles. The zero-order valence-electron chi connectivity index (χ0n) is 13.3. The molecule has 1 aromatic carbocycles. The van der Waals surface area contributed by atoms with Crippen molar-refractivity contribution in [2.24, 2.45) is 16.9 Å². The fraction of sp³-hybridized carbons (Fsp3) is 0.444. The van der Waals surface area contributed by atoms with E-state index in [4.69, 9.17) is 4.42 Å². The van der Waals surface area contributed by atoms with E-state index < -0.39 is 0 Å². The molecule has 1 saturated carbocycles. The maximum absolute atomic E-state index is 12.4. The maximum Gasteiger partial charge on any atom is 0.307 e. The van der Waals surface area contributed by atoms with Crippen LogP contribution in [0, 0.1) is 18.8 Å². The second-order valence-corrected chi connectivity index (χ2v) is 6.26. The number of nitrogens with zero attached hydrogens (tertiary/aromatic N) is 1. The highest BCUT2D eigenvalue weighted by atomic mass is 16.3. The van der Waals surface area contributed by atoms with Crippen molar-refractivity contribution >= 4 is 22.6 Å². The number of rotatable bonds is 2. The molecule has 1 N–H and O–H groups in total. The number of furan rings is 1. The summed E-state index contributed by atoms with van der Waals surface area (Å²) in [6, 6.07) is 7.68. The van der Waals surface area contributed by atoms with Crippen LogP contribution in [0.1, 0.15) is 49.2 Å². The van der Waals surface area contributed by atoms with Crippen LogP contribution in [0.25, 0.3) is 11.0 Å². The first-order chi connectivity index (χ1) is 10.6. The summed E-state index contributed by atoms with van der Waals surface area (Å²) in [7, 11) is 0. The van der Waals surface area contributed by atoms with Gasteiger partial charge in [-0.15, -0.1) is 0 Å². The molecule has 4 heteroatoms. The molecule has 1 fully saturated rings. The molecule has 0 saturated heterocycles. The van der Waals surface area contributed by atoms with Crippen LogP contribution in [0.15, 0.2) is 33.8 Å². The maximum atomic E-state index is 12.4. The monoisotopic (exact) mass is 298 g/mol. The molecule has 0 spiro atoms. The number of aryl methyl sites for hydroxylation is 1. The molecular formula is C18H22N2O2. The third-order valence-corrected chi connectivity index (χ3v) is 4.62. The third-order valence-electron chi connectivity index (χ3n) is 4.62. The van der Waals surface area contributed by atoms with Gasteiger partial charge in [0.25, 0.3) is 0 Å². The van der Waals surface area contributed by atoms with Crippen molar-refractivity contribution in [1.29, 1.82) is 0 Å². The molecule has 0 bridgehead atoms. The molecular weight excluding hydrogens is 276 g/mol. The Morgan fingerprint density at radius 3 is 2.59 bits per heavy atom. The average molecular weight is 298 g/mol. The second-order valence-electron chi connectivity index (χ2n) is 6.26. The fourth-order valence-corrected chi connectivity index (χ4v) is 3.29. The van der Waals surface area contributed by atoms with Crippen molar-refractivity contribution < 1.29 is 9.21 Å². The summed E-state index contributed by atoms with van der Waals surface area (Å²) in [5.74, 6) is 0.939. The summed E-state index contributed by atoms with van der Waals surface area (Å²) < 4.78 is 5.67. The van der Waals surface area contributed by atoms with E-state index >= 15 is 0 Å². The standard InChI is InChI=1S/C18H22N2O2/c1-11-7-6-8-12(2)16(11)19-20-18(21)17-13(3)14-9-4-5-10-15(14)22-17/h4-5,9-12H,6-8H2,1-3H3,(H,20,21)/t11-,12-/m1/s1. The number of fused-ring (bicyclic) bond motifs is 1. The summed E-state index contributed by atoms with van der Waals surface area (Å²) in [5.41, 5.74) is 5.37. The molecule has 1 amide bonds. The van der Waals surface area contributed by atoms with E-state index in [9.17, 15) is 4.79 Å². The van der Waals surface area contributed by atoms with Gasteiger partial charge in [-0.2, -0.15) is 5.10 Å². The molecule has 2 aromatic rings. The largest absolute Gasteiger partial charge is 0.451 e. The lowest BCUT2D eigenvalue weighted by molar-refractivity contribution is 0.0928. The normalized spacial score (nSPS) is 21.9. The van der Waals surface area contributed by atoms with Crippen molar-refractivity contribution in [2.75, 3.05) is 0 Å². The van der Waals surface area contributed by atoms with Gasteiger partial charge in [-0.05, 0) is 37.7 Å². The molecule has 0 radical (unpaired) electrons. The minimum absolute atomic E-state index is 0.272. The van der Waals surface area contributed by atoms with E-state index in [1.54, 1.807) is 0 Å². The highest BCUT2D eigenvalue weighted by Gasteiger charge is 2.24. The van der Waals surface area contributed by atoms with E-state index in [2.05, 4.69) is 24.4 Å². The lowest BCUT2D eigenvalue weighted by Crippen LogP contribution is -2.29. The summed E-state index contributed by atoms with van der Waals surface area (Å²) in [4.78, 5) is 12.4. The van der Waals surface area contributed by atoms with Crippen LogP contribution in [0.2, 0.25) is 0 Å². The number of benzene rings is 1. The number of para-hydroxylation sites is 1. The Hall–Kier alpha value is -2.10. The number of amides is 1. The number of hydrogen-bond donors (Lipinski definition) is 1. The van der Waals surface area contributed by atoms with Crippen LogP contribution in [0.3, 0.4) is 0 Å². The van der Waals surface area contributed by atoms with Crippen LogP contribution in [-0.4, -0.2) is 11.6 Å². The van der Waals surface area contributed by atoms with Crippen molar-refractivity contribution in [3.8, 4) is 0 Å². The Kier molecular flexibility index (Phi) is 4.01. The summed E-state index contributed by atoms with van der Waals surface area (Å²) in [6.07, 6.45) is 3.52. The number of carbonyl (C=O) groups is 1. The molecule has 1 aliphatic rings. The molecule has 1 aliphatic carbocycles. The zero-order valence-corrected chi connectivity index (χ0v) is 13.3. The summed E-state index contributed by atoms with van der Waals surface area (Å²) >= 11 is 0. The lowest BCUT2D eigenvalue weighted by Gasteiger charge is -2.26. The van der Waals surface area contributed by atoms with Crippen LogP contribution in [0.4, 0.5) is 0 Å². The fourth-order valence-electron chi connectivity index (χ4n) is 3.29. The van der Waals surface area contributed by atoms with Gasteiger partial charge in [0.1, 0.15) is 5.58 Å². The van der Waals surface area contributed by atoms with Gasteiger partial charge in [0, 0.05) is 16.7 Å². The Morgan fingerprint density at radius 1 is 1.23 bits per heavy atom. The predicted molar refractivity (Wildman–Crippen MR) is 88.0 cm³/mol. The molecule has 3 rings (SSSR count). The first-order valence-electron chi connectivity index (χ1n) is 7.94. The van der Waals surface area contributed by atoms with Crippen LogP contribution >= 0.6 is 0 Å². The zero-order chi connectivity index (χ0) is 15.7. The van der Waals surface area contributed by atoms with E-state index in [1.807, 2.05) is 31.2 Å². The van der Waals surface area contributed by atoms with Gasteiger partial charge in [0.05, 0.1) is 0 Å². The van der Waals surface area contributed by atoms with Gasteiger partial charge in [-0.25, -0.2) is 5.43 Å². The molecule has 1 aromatic heterocycles. The van der Waals surface area contributed by atoms with E-state index in [0.29, 0.717) is 17.6 Å². The van der Waals surface area contributed by atoms with Gasteiger partial charge in [-0.3, -0.25) is 4.79 Å². The van der Waals surface area contributed by atoms with Gasteiger partial charge >= 0.3 is 5.91 Å². The number of hydrogen-bond acceptors (Lipinski definition) is 3.